The van der Waals surface area contributed by atoms with Crippen molar-refractivity contribution in [2.75, 3.05) is 70.8 Å². The highest BCUT2D eigenvalue weighted by Gasteiger charge is 2.19. The first kappa shape index (κ1) is 41.3. The summed E-state index contributed by atoms with van der Waals surface area (Å²) in [5.74, 6) is -1.91. The number of likely N-dealkylation sites (N-methyl/N-ethyl adjacent to an activating group) is 1. The number of rotatable bonds is 22. The van der Waals surface area contributed by atoms with E-state index in [9.17, 15) is 20.0 Å². The van der Waals surface area contributed by atoms with Crippen LogP contribution in [-0.2, 0) is 23.7 Å². The molecule has 0 amide bonds. The van der Waals surface area contributed by atoms with Gasteiger partial charge < -0.3 is 33.7 Å². The first-order valence-corrected chi connectivity index (χ1v) is 18.2. The predicted octanol–water partition coefficient (Wildman–Crippen LogP) is 8.39. The summed E-state index contributed by atoms with van der Waals surface area (Å²) >= 11 is 1.17. The average Bonchev–Trinajstić information content (AvgIpc) is 3.51. The van der Waals surface area contributed by atoms with Crippen LogP contribution in [0.1, 0.15) is 55.3 Å². The fourth-order valence-electron chi connectivity index (χ4n) is 5.29. The van der Waals surface area contributed by atoms with Crippen molar-refractivity contribution in [1.29, 1.82) is 5.26 Å². The Kier molecular flexibility index (Phi) is 16.7. The fourth-order valence-corrected chi connectivity index (χ4v) is 6.16. The van der Waals surface area contributed by atoms with Gasteiger partial charge in [0.2, 0.25) is 5.69 Å². The van der Waals surface area contributed by atoms with E-state index >= 15 is 0 Å². The van der Waals surface area contributed by atoms with Gasteiger partial charge in [-0.1, -0.05) is 42.5 Å². The van der Waals surface area contributed by atoms with Gasteiger partial charge in [0.15, 0.2) is 0 Å². The number of carbonyl (C=O) groups is 2. The molecule has 1 aromatic heterocycles. The van der Waals surface area contributed by atoms with Crippen LogP contribution < -0.4 is 4.90 Å². The van der Waals surface area contributed by atoms with Crippen molar-refractivity contribution in [2.24, 2.45) is 10.2 Å². The van der Waals surface area contributed by atoms with Crippen molar-refractivity contribution in [3.8, 4) is 6.07 Å². The van der Waals surface area contributed by atoms with Crippen LogP contribution in [0, 0.1) is 31.8 Å². The van der Waals surface area contributed by atoms with Gasteiger partial charge in [-0.15, -0.1) is 11.3 Å². The Bertz CT molecular complexity index is 1950. The number of thiophene rings is 1. The summed E-state index contributed by atoms with van der Waals surface area (Å²) in [6.07, 6.45) is -0.211. The normalized spacial score (nSPS) is 11.6. The average molecular weight is 754 g/mol. The summed E-state index contributed by atoms with van der Waals surface area (Å²) in [4.78, 5) is 29.7. The van der Waals surface area contributed by atoms with Crippen molar-refractivity contribution in [1.82, 2.24) is 0 Å². The van der Waals surface area contributed by atoms with Gasteiger partial charge in [0.25, 0.3) is 0 Å². The molecule has 0 radical (unpaired) electrons. The molecule has 4 aromatic rings. The summed E-state index contributed by atoms with van der Waals surface area (Å²) in [6.45, 7) is 17.0. The van der Waals surface area contributed by atoms with E-state index in [2.05, 4.69) is 39.0 Å². The Morgan fingerprint density at radius 3 is 2.13 bits per heavy atom. The molecule has 1 N–H and O–H groups in total. The van der Waals surface area contributed by atoms with Crippen LogP contribution in [-0.4, -0.2) is 83.0 Å². The summed E-state index contributed by atoms with van der Waals surface area (Å²) in [6, 6.07) is 24.0. The minimum Gasteiger partial charge on any atom is -0.478 e. The molecule has 0 saturated heterocycles. The molecule has 54 heavy (non-hydrogen) atoms. The quantitative estimate of drug-likeness (QED) is 0.0358. The highest BCUT2D eigenvalue weighted by Crippen LogP contribution is 2.42. The molecule has 1 heterocycles. The summed E-state index contributed by atoms with van der Waals surface area (Å²) in [5.41, 5.74) is 4.55. The number of carboxylic acid groups (broad SMARTS) is 1. The van der Waals surface area contributed by atoms with E-state index in [0.29, 0.717) is 73.0 Å². The second kappa shape index (κ2) is 21.9. The highest BCUT2D eigenvalue weighted by molar-refractivity contribution is 7.17. The third-order valence-electron chi connectivity index (χ3n) is 8.17. The van der Waals surface area contributed by atoms with E-state index in [1.165, 1.54) is 23.5 Å². The Labute approximate surface area is 319 Å². The summed E-state index contributed by atoms with van der Waals surface area (Å²) in [5, 5.41) is 27.7. The fraction of sp³-hybridized carbons (Fsp3) is 0.350. The number of aryl methyl sites for hydroxylation is 1. The van der Waals surface area contributed by atoms with Crippen molar-refractivity contribution in [3.63, 3.8) is 0 Å². The molecule has 1 unspecified atom stereocenters. The second-order valence-electron chi connectivity index (χ2n) is 11.7. The number of carbonyl (C=O) groups excluding carboxylic acids is 1. The number of azo groups is 1. The van der Waals surface area contributed by atoms with Crippen LogP contribution in [0.4, 0.5) is 22.1 Å². The molecule has 0 aliphatic heterocycles. The van der Waals surface area contributed by atoms with Crippen molar-refractivity contribution >= 4 is 45.3 Å². The Morgan fingerprint density at radius 2 is 1.52 bits per heavy atom. The molecule has 0 aliphatic rings. The first-order valence-electron chi connectivity index (χ1n) is 17.3. The maximum absolute atomic E-state index is 12.2. The number of ether oxygens (including phenoxy) is 5. The molecule has 1 atom stereocenters. The van der Waals surface area contributed by atoms with Gasteiger partial charge in [0.1, 0.15) is 23.8 Å². The molecule has 4 rings (SSSR count). The van der Waals surface area contributed by atoms with Gasteiger partial charge >= 0.3 is 11.9 Å². The number of anilines is 1. The van der Waals surface area contributed by atoms with E-state index in [1.807, 2.05) is 49.4 Å². The van der Waals surface area contributed by atoms with Crippen LogP contribution in [0.2, 0.25) is 0 Å². The van der Waals surface area contributed by atoms with E-state index in [4.69, 9.17) is 30.3 Å². The molecular weight excluding hydrogens is 711 g/mol. The van der Waals surface area contributed by atoms with Crippen LogP contribution in [0.15, 0.2) is 83.0 Å². The van der Waals surface area contributed by atoms with E-state index in [0.717, 1.165) is 23.4 Å². The maximum atomic E-state index is 12.2. The molecule has 0 fully saturated rings. The molecule has 14 heteroatoms. The van der Waals surface area contributed by atoms with E-state index < -0.39 is 11.9 Å². The highest BCUT2D eigenvalue weighted by atomic mass is 32.1. The SMILES string of the molecule is [C-]#[N+]c1c(N=Nc2ccc(N(CC)CC(OCCOCCOCCOCCOC(=O)c3ccccc3C(=O)O)c3ccccc3)cc2C)sc(C#N)c1C. The number of aromatic carboxylic acids is 1. The number of hydrogen-bond donors (Lipinski definition) is 1. The van der Waals surface area contributed by atoms with Crippen LogP contribution in [0.3, 0.4) is 0 Å². The first-order chi connectivity index (χ1) is 26.3. The van der Waals surface area contributed by atoms with Gasteiger partial charge in [-0.05, 0) is 67.8 Å². The van der Waals surface area contributed by atoms with Crippen molar-refractivity contribution < 1.29 is 38.4 Å². The molecule has 3 aromatic carbocycles. The topological polar surface area (TPSA) is 157 Å². The zero-order valence-corrected chi connectivity index (χ0v) is 31.3. The Morgan fingerprint density at radius 1 is 0.889 bits per heavy atom. The summed E-state index contributed by atoms with van der Waals surface area (Å²) in [7, 11) is 0. The molecule has 13 nitrogen and oxygen atoms in total. The smallest absolute Gasteiger partial charge is 0.339 e. The van der Waals surface area contributed by atoms with Crippen LogP contribution >= 0.6 is 11.3 Å². The second-order valence-corrected chi connectivity index (χ2v) is 12.7. The standard InChI is InChI=1S/C40H43N5O8S/c1-5-45(31-15-16-34(28(2)25-31)43-44-38-37(42-4)29(3)36(26-41)54-38)27-35(30-11-7-6-8-12-30)52-23-21-50-19-17-49-18-20-51-22-24-53-40(48)33-14-10-9-13-32(33)39(46)47/h6-16,25,35H,5,17-24,27H2,1-3H3,(H,46,47). The number of carboxylic acids is 1. The van der Waals surface area contributed by atoms with Gasteiger partial charge in [0, 0.05) is 18.8 Å². The summed E-state index contributed by atoms with van der Waals surface area (Å²) < 4.78 is 28.2. The third kappa shape index (κ3) is 12.0. The zero-order chi connectivity index (χ0) is 38.7. The Balaban J connectivity index is 1.17. The number of esters is 1. The number of benzene rings is 3. The van der Waals surface area contributed by atoms with Crippen molar-refractivity contribution in [3.05, 3.63) is 117 Å². The molecule has 0 spiro atoms. The lowest BCUT2D eigenvalue weighted by Crippen LogP contribution is -2.30. The van der Waals surface area contributed by atoms with Crippen LogP contribution in [0.25, 0.3) is 4.85 Å². The van der Waals surface area contributed by atoms with Crippen molar-refractivity contribution in [2.45, 2.75) is 26.9 Å². The molecule has 0 bridgehead atoms. The van der Waals surface area contributed by atoms with E-state index in [1.54, 1.807) is 19.1 Å². The number of nitriles is 1. The van der Waals surface area contributed by atoms with Gasteiger partial charge in [-0.25, -0.2) is 14.4 Å². The third-order valence-corrected chi connectivity index (χ3v) is 9.24. The molecule has 0 saturated carbocycles. The molecule has 0 aliphatic carbocycles. The largest absolute Gasteiger partial charge is 0.478 e. The van der Waals surface area contributed by atoms with Crippen LogP contribution in [0.5, 0.6) is 0 Å². The lowest BCUT2D eigenvalue weighted by molar-refractivity contribution is -0.0207. The zero-order valence-electron chi connectivity index (χ0n) is 30.5. The maximum Gasteiger partial charge on any atom is 0.339 e. The van der Waals surface area contributed by atoms with Gasteiger partial charge in [-0.3, -0.25) is 0 Å². The lowest BCUT2D eigenvalue weighted by Gasteiger charge is -2.29. The molecular formula is C40H43N5O8S. The van der Waals surface area contributed by atoms with E-state index in [-0.39, 0.29) is 30.4 Å². The predicted molar refractivity (Wildman–Crippen MR) is 205 cm³/mol. The Hall–Kier alpha value is -5.48. The number of hydrogen-bond acceptors (Lipinski definition) is 12. The molecule has 282 valence electrons. The monoisotopic (exact) mass is 753 g/mol. The minimum absolute atomic E-state index is 0.00368. The lowest BCUT2D eigenvalue weighted by atomic mass is 10.1. The van der Waals surface area contributed by atoms with Gasteiger partial charge in [0.05, 0.1) is 74.5 Å². The number of nitrogens with zero attached hydrogens (tertiary/aromatic N) is 5. The minimum atomic E-state index is -1.19. The van der Waals surface area contributed by atoms with Gasteiger partial charge in [-0.2, -0.15) is 15.5 Å².